The molecule has 3 aliphatic rings. The summed E-state index contributed by atoms with van der Waals surface area (Å²) >= 11 is 0. The fourth-order valence-electron chi connectivity index (χ4n) is 4.08. The van der Waals surface area contributed by atoms with Crippen LogP contribution in [0.3, 0.4) is 0 Å². The van der Waals surface area contributed by atoms with Crippen molar-refractivity contribution in [3.8, 4) is 0 Å². The average Bonchev–Trinajstić information content (AvgIpc) is 3.41. The van der Waals surface area contributed by atoms with Gasteiger partial charge in [-0.2, -0.15) is 0 Å². The number of ether oxygens (including phenoxy) is 1. The van der Waals surface area contributed by atoms with Crippen LogP contribution in [-0.4, -0.2) is 46.6 Å². The highest BCUT2D eigenvalue weighted by atomic mass is 28.4. The second-order valence-electron chi connectivity index (χ2n) is 7.51. The van der Waals surface area contributed by atoms with Crippen molar-refractivity contribution < 1.29 is 22.8 Å². The summed E-state index contributed by atoms with van der Waals surface area (Å²) in [4.78, 5) is 10.5. The Bertz CT molecular complexity index is 392. The molecule has 2 saturated carbocycles. The first-order valence-electron chi connectivity index (χ1n) is 10.7. The molecule has 2 aliphatic carbocycles. The predicted molar refractivity (Wildman–Crippen MR) is 104 cm³/mol. The lowest BCUT2D eigenvalue weighted by Gasteiger charge is -2.30. The Morgan fingerprint density at radius 1 is 0.923 bits per heavy atom. The van der Waals surface area contributed by atoms with Gasteiger partial charge in [-0.1, -0.05) is 6.42 Å². The summed E-state index contributed by atoms with van der Waals surface area (Å²) in [5.41, 5.74) is 0. The van der Waals surface area contributed by atoms with Gasteiger partial charge in [0.05, 0.1) is 12.2 Å². The zero-order valence-corrected chi connectivity index (χ0v) is 18.0. The van der Waals surface area contributed by atoms with E-state index in [1.165, 1.54) is 25.7 Å². The Hall–Kier alpha value is -0.273. The summed E-state index contributed by atoms with van der Waals surface area (Å²) in [7, 11) is -2.43. The van der Waals surface area contributed by atoms with Crippen molar-refractivity contribution in [1.29, 1.82) is 0 Å². The molecule has 0 N–H and O–H groups in total. The topological polar surface area (TPSA) is 57.3 Å². The Labute approximate surface area is 160 Å². The van der Waals surface area contributed by atoms with Crippen molar-refractivity contribution in [2.75, 3.05) is 19.8 Å². The largest absolute Gasteiger partial charge is 0.500 e. The first-order chi connectivity index (χ1) is 12.6. The van der Waals surface area contributed by atoms with Crippen LogP contribution in [0.2, 0.25) is 6.04 Å². The van der Waals surface area contributed by atoms with Gasteiger partial charge in [-0.3, -0.25) is 4.79 Å². The van der Waals surface area contributed by atoms with Crippen LogP contribution >= 0.6 is 0 Å². The molecule has 5 nitrogen and oxygen atoms in total. The number of hydrogen-bond donors (Lipinski definition) is 0. The Balaban J connectivity index is 0.000000290. The van der Waals surface area contributed by atoms with Gasteiger partial charge in [-0.05, 0) is 65.2 Å². The molecule has 1 heterocycles. The van der Waals surface area contributed by atoms with E-state index in [1.54, 1.807) is 0 Å². The molecule has 152 valence electrons. The SMILES string of the molecule is CCO[Si](CCC1CCC2OC2C1)(OCC)OCC.O=C1CCCCC1. The molecular formula is C20H38O5Si. The standard InChI is InChI=1S/C14H28O4Si.C6H10O/c1-4-15-19(16-5-2,17-6-3)10-9-12-7-8-13-14(11-12)18-13;7-6-4-2-1-3-5-6/h12-14H,4-11H2,1-3H3;1-5H2. The Morgan fingerprint density at radius 2 is 1.54 bits per heavy atom. The minimum Gasteiger partial charge on any atom is -0.374 e. The number of rotatable bonds is 9. The van der Waals surface area contributed by atoms with Gasteiger partial charge in [0.1, 0.15) is 5.78 Å². The summed E-state index contributed by atoms with van der Waals surface area (Å²) < 4.78 is 23.3. The van der Waals surface area contributed by atoms with E-state index >= 15 is 0 Å². The van der Waals surface area contributed by atoms with Crippen LogP contribution in [0.15, 0.2) is 0 Å². The van der Waals surface area contributed by atoms with Crippen LogP contribution in [0.1, 0.15) is 78.6 Å². The summed E-state index contributed by atoms with van der Waals surface area (Å²) in [6, 6.07) is 0.949. The van der Waals surface area contributed by atoms with E-state index in [-0.39, 0.29) is 0 Å². The van der Waals surface area contributed by atoms with Crippen LogP contribution in [0.25, 0.3) is 0 Å². The number of carbonyl (C=O) groups is 1. The minimum atomic E-state index is -2.43. The van der Waals surface area contributed by atoms with Gasteiger partial charge in [-0.25, -0.2) is 0 Å². The Morgan fingerprint density at radius 3 is 2.00 bits per heavy atom. The third-order valence-corrected chi connectivity index (χ3v) is 8.56. The zero-order chi connectivity index (χ0) is 18.8. The van der Waals surface area contributed by atoms with Crippen molar-refractivity contribution in [2.45, 2.75) is 96.8 Å². The van der Waals surface area contributed by atoms with Gasteiger partial charge < -0.3 is 18.0 Å². The predicted octanol–water partition coefficient (Wildman–Crippen LogP) is 4.51. The maximum Gasteiger partial charge on any atom is 0.500 e. The Kier molecular flexibility index (Phi) is 9.78. The molecule has 26 heavy (non-hydrogen) atoms. The van der Waals surface area contributed by atoms with Gasteiger partial charge in [-0.15, -0.1) is 0 Å². The number of Topliss-reactive ketones (excluding diaryl/α,β-unsaturated/α-hetero) is 1. The average molecular weight is 387 g/mol. The van der Waals surface area contributed by atoms with Crippen LogP contribution in [-0.2, 0) is 22.8 Å². The first-order valence-corrected chi connectivity index (χ1v) is 12.6. The highest BCUT2D eigenvalue weighted by Crippen LogP contribution is 2.41. The van der Waals surface area contributed by atoms with Gasteiger partial charge in [0.25, 0.3) is 0 Å². The summed E-state index contributed by atoms with van der Waals surface area (Å²) in [6.45, 7) is 8.06. The molecule has 0 spiro atoms. The van der Waals surface area contributed by atoms with E-state index in [0.717, 1.165) is 44.1 Å². The molecule has 3 unspecified atom stereocenters. The number of hydrogen-bond acceptors (Lipinski definition) is 5. The van der Waals surface area contributed by atoms with Gasteiger partial charge in [0.15, 0.2) is 0 Å². The molecule has 3 fully saturated rings. The maximum atomic E-state index is 10.5. The second kappa shape index (κ2) is 11.5. The van der Waals surface area contributed by atoms with Crippen molar-refractivity contribution in [3.05, 3.63) is 0 Å². The zero-order valence-electron chi connectivity index (χ0n) is 17.0. The van der Waals surface area contributed by atoms with Crippen molar-refractivity contribution in [1.82, 2.24) is 0 Å². The number of ketones is 1. The van der Waals surface area contributed by atoms with Crippen LogP contribution in [0.5, 0.6) is 0 Å². The quantitative estimate of drug-likeness (QED) is 0.431. The van der Waals surface area contributed by atoms with Crippen LogP contribution in [0.4, 0.5) is 0 Å². The molecule has 0 bridgehead atoms. The molecule has 0 aromatic heterocycles. The number of carbonyl (C=O) groups excluding carboxylic acids is 1. The molecule has 1 saturated heterocycles. The lowest BCUT2D eigenvalue weighted by Crippen LogP contribution is -2.46. The summed E-state index contributed by atoms with van der Waals surface area (Å²) in [6.07, 6.45) is 11.3. The molecule has 0 aromatic rings. The molecule has 1 aliphatic heterocycles. The summed E-state index contributed by atoms with van der Waals surface area (Å²) in [5.74, 6) is 1.23. The van der Waals surface area contributed by atoms with Crippen molar-refractivity contribution in [3.63, 3.8) is 0 Å². The third kappa shape index (κ3) is 7.39. The highest BCUT2D eigenvalue weighted by molar-refractivity contribution is 6.60. The number of fused-ring (bicyclic) bond motifs is 1. The maximum absolute atomic E-state index is 10.5. The fourth-order valence-corrected chi connectivity index (χ4v) is 6.84. The molecule has 6 heteroatoms. The van der Waals surface area contributed by atoms with E-state index in [9.17, 15) is 4.79 Å². The van der Waals surface area contributed by atoms with Gasteiger partial charge in [0.2, 0.25) is 0 Å². The third-order valence-electron chi connectivity index (χ3n) is 5.48. The van der Waals surface area contributed by atoms with E-state index in [2.05, 4.69) is 0 Å². The van der Waals surface area contributed by atoms with E-state index in [0.29, 0.717) is 37.8 Å². The fraction of sp³-hybridized carbons (Fsp3) is 0.950. The van der Waals surface area contributed by atoms with Gasteiger partial charge in [0, 0.05) is 38.7 Å². The summed E-state index contributed by atoms with van der Waals surface area (Å²) in [5, 5.41) is 0. The second-order valence-corrected chi connectivity index (χ2v) is 10.2. The van der Waals surface area contributed by atoms with E-state index in [1.807, 2.05) is 20.8 Å². The smallest absolute Gasteiger partial charge is 0.374 e. The molecular weight excluding hydrogens is 348 g/mol. The first kappa shape index (κ1) is 22.0. The monoisotopic (exact) mass is 386 g/mol. The molecule has 3 atom stereocenters. The molecule has 3 rings (SSSR count). The van der Waals surface area contributed by atoms with E-state index < -0.39 is 8.80 Å². The lowest BCUT2D eigenvalue weighted by molar-refractivity contribution is -0.120. The normalized spacial score (nSPS) is 28.1. The minimum absolute atomic E-state index is 0.464. The van der Waals surface area contributed by atoms with Crippen LogP contribution in [0, 0.1) is 5.92 Å². The van der Waals surface area contributed by atoms with Crippen molar-refractivity contribution in [2.24, 2.45) is 5.92 Å². The lowest BCUT2D eigenvalue weighted by atomic mass is 9.88. The van der Waals surface area contributed by atoms with Crippen molar-refractivity contribution >= 4 is 14.6 Å². The molecule has 0 radical (unpaired) electrons. The highest BCUT2D eigenvalue weighted by Gasteiger charge is 2.46. The number of epoxide rings is 1. The van der Waals surface area contributed by atoms with Crippen LogP contribution < -0.4 is 0 Å². The van der Waals surface area contributed by atoms with E-state index in [4.69, 9.17) is 18.0 Å². The molecule has 0 aromatic carbocycles. The van der Waals surface area contributed by atoms with Gasteiger partial charge >= 0.3 is 8.80 Å². The molecule has 0 amide bonds.